The van der Waals surface area contributed by atoms with Gasteiger partial charge in [-0.2, -0.15) is 5.10 Å². The van der Waals surface area contributed by atoms with Crippen molar-refractivity contribution < 1.29 is 17.9 Å². The van der Waals surface area contributed by atoms with E-state index in [-0.39, 0.29) is 22.5 Å². The van der Waals surface area contributed by atoms with E-state index in [1.165, 1.54) is 19.2 Å². The van der Waals surface area contributed by atoms with Crippen molar-refractivity contribution in [3.63, 3.8) is 0 Å². The van der Waals surface area contributed by atoms with E-state index in [0.717, 1.165) is 16.8 Å². The first kappa shape index (κ1) is 24.3. The molecule has 1 heterocycles. The summed E-state index contributed by atoms with van der Waals surface area (Å²) in [4.78, 5) is 12.9. The van der Waals surface area contributed by atoms with Crippen molar-refractivity contribution in [1.82, 2.24) is 9.78 Å². The van der Waals surface area contributed by atoms with Crippen LogP contribution in [0.25, 0.3) is 0 Å². The summed E-state index contributed by atoms with van der Waals surface area (Å²) in [5.74, 6) is -0.0158. The van der Waals surface area contributed by atoms with Crippen molar-refractivity contribution in [1.29, 1.82) is 0 Å². The predicted octanol–water partition coefficient (Wildman–Crippen LogP) is 4.70. The molecular weight excluding hydrogens is 440 g/mol. The largest absolute Gasteiger partial charge is 0.495 e. The fraction of sp³-hybridized carbons (Fsp3) is 0.333. The molecule has 9 heteroatoms. The molecule has 2 N–H and O–H groups in total. The van der Waals surface area contributed by atoms with Gasteiger partial charge < -0.3 is 10.1 Å². The van der Waals surface area contributed by atoms with Crippen LogP contribution in [0.15, 0.2) is 47.4 Å². The second kappa shape index (κ2) is 9.66. The number of carbonyl (C=O) groups is 1. The maximum Gasteiger partial charge on any atom is 0.273 e. The molecule has 0 saturated carbocycles. The van der Waals surface area contributed by atoms with Crippen molar-refractivity contribution in [3.8, 4) is 5.75 Å². The highest BCUT2D eigenvalue weighted by Gasteiger charge is 2.23. The summed E-state index contributed by atoms with van der Waals surface area (Å²) in [6.45, 7) is 10.1. The fourth-order valence-electron chi connectivity index (χ4n) is 3.47. The first-order chi connectivity index (χ1) is 15.6. The lowest BCUT2D eigenvalue weighted by Crippen LogP contribution is -2.19. The van der Waals surface area contributed by atoms with Crippen molar-refractivity contribution in [3.05, 3.63) is 65.0 Å². The Balaban J connectivity index is 1.95. The van der Waals surface area contributed by atoms with E-state index >= 15 is 0 Å². The molecule has 0 aliphatic heterocycles. The average Bonchev–Trinajstić information content (AvgIpc) is 3.21. The molecule has 3 rings (SSSR count). The number of hydrogen-bond donors (Lipinski definition) is 2. The highest BCUT2D eigenvalue weighted by Crippen LogP contribution is 2.31. The summed E-state index contributed by atoms with van der Waals surface area (Å²) in [6, 6.07) is 11.8. The minimum Gasteiger partial charge on any atom is -0.495 e. The molecule has 0 fully saturated rings. The molecule has 0 aliphatic rings. The second-order valence-corrected chi connectivity index (χ2v) is 9.77. The van der Waals surface area contributed by atoms with Crippen LogP contribution in [0, 0.1) is 13.8 Å². The number of methoxy groups -OCH3 is 1. The number of ether oxygens (including phenoxy) is 1. The Morgan fingerprint density at radius 3 is 2.36 bits per heavy atom. The molecule has 0 spiro atoms. The summed E-state index contributed by atoms with van der Waals surface area (Å²) in [6.07, 6.45) is 0. The molecule has 0 unspecified atom stereocenters. The van der Waals surface area contributed by atoms with Gasteiger partial charge in [0.25, 0.3) is 15.9 Å². The summed E-state index contributed by atoms with van der Waals surface area (Å²) >= 11 is 0. The normalized spacial score (nSPS) is 11.5. The summed E-state index contributed by atoms with van der Waals surface area (Å²) in [7, 11) is -2.59. The Kier molecular flexibility index (Phi) is 7.12. The summed E-state index contributed by atoms with van der Waals surface area (Å²) < 4.78 is 36.1. The van der Waals surface area contributed by atoms with Crippen LogP contribution in [0.1, 0.15) is 54.0 Å². The summed E-state index contributed by atoms with van der Waals surface area (Å²) in [5, 5.41) is 7.26. The van der Waals surface area contributed by atoms with Crippen LogP contribution in [0.4, 0.5) is 11.4 Å². The zero-order valence-corrected chi connectivity index (χ0v) is 20.6. The van der Waals surface area contributed by atoms with E-state index in [4.69, 9.17) is 4.74 Å². The molecule has 0 radical (unpaired) electrons. The van der Waals surface area contributed by atoms with Gasteiger partial charge in [-0.1, -0.05) is 32.0 Å². The zero-order valence-electron chi connectivity index (χ0n) is 19.8. The van der Waals surface area contributed by atoms with Crippen molar-refractivity contribution >= 4 is 27.3 Å². The van der Waals surface area contributed by atoms with Gasteiger partial charge in [0.2, 0.25) is 0 Å². The molecule has 0 aliphatic carbocycles. The van der Waals surface area contributed by atoms with E-state index in [2.05, 4.69) is 15.1 Å². The standard InChI is InChI=1S/C24H30N4O4S/c1-7-28-20(14-19(26-28)15(2)3)24(29)25-18-11-12-21(32-6)22(13-18)33(30,31)27-23-16(4)9-8-10-17(23)5/h8-15,27H,7H2,1-6H3,(H,25,29). The van der Waals surface area contributed by atoms with Gasteiger partial charge in [-0.15, -0.1) is 0 Å². The number of hydrogen-bond acceptors (Lipinski definition) is 5. The monoisotopic (exact) mass is 470 g/mol. The Morgan fingerprint density at radius 2 is 1.79 bits per heavy atom. The van der Waals surface area contributed by atoms with Crippen LogP contribution in [-0.4, -0.2) is 31.2 Å². The molecule has 3 aromatic rings. The minimum absolute atomic E-state index is 0.0719. The van der Waals surface area contributed by atoms with Gasteiger partial charge in [0, 0.05) is 12.2 Å². The number of amides is 1. The zero-order chi connectivity index (χ0) is 24.3. The number of para-hydroxylation sites is 1. The first-order valence-corrected chi connectivity index (χ1v) is 12.2. The fourth-order valence-corrected chi connectivity index (χ4v) is 4.87. The average molecular weight is 471 g/mol. The molecule has 2 aromatic carbocycles. The number of anilines is 2. The quantitative estimate of drug-likeness (QED) is 0.497. The Morgan fingerprint density at radius 1 is 1.12 bits per heavy atom. The highest BCUT2D eigenvalue weighted by molar-refractivity contribution is 7.92. The van der Waals surface area contributed by atoms with Gasteiger partial charge in [0.15, 0.2) is 0 Å². The van der Waals surface area contributed by atoms with Crippen molar-refractivity contribution in [2.75, 3.05) is 17.1 Å². The molecule has 0 saturated heterocycles. The van der Waals surface area contributed by atoms with Crippen LogP contribution in [0.2, 0.25) is 0 Å². The molecule has 0 atom stereocenters. The number of nitrogens with zero attached hydrogens (tertiary/aromatic N) is 2. The Bertz CT molecular complexity index is 1260. The van der Waals surface area contributed by atoms with E-state index in [0.29, 0.717) is 23.6 Å². The van der Waals surface area contributed by atoms with Crippen LogP contribution in [0.3, 0.4) is 0 Å². The number of carbonyl (C=O) groups excluding carboxylic acids is 1. The highest BCUT2D eigenvalue weighted by atomic mass is 32.2. The SMILES string of the molecule is CCn1nc(C(C)C)cc1C(=O)Nc1ccc(OC)c(S(=O)(=O)Nc2c(C)cccc2C)c1. The van der Waals surface area contributed by atoms with Crippen molar-refractivity contribution in [2.24, 2.45) is 0 Å². The lowest BCUT2D eigenvalue weighted by atomic mass is 10.1. The van der Waals surface area contributed by atoms with Crippen molar-refractivity contribution in [2.45, 2.75) is 52.0 Å². The number of aryl methyl sites for hydroxylation is 3. The topological polar surface area (TPSA) is 102 Å². The van der Waals surface area contributed by atoms with Gasteiger partial charge in [-0.05, 0) is 62.1 Å². The second-order valence-electron chi connectivity index (χ2n) is 8.12. The number of rotatable bonds is 8. The maximum absolute atomic E-state index is 13.3. The third-order valence-electron chi connectivity index (χ3n) is 5.35. The number of aromatic nitrogens is 2. The Hall–Kier alpha value is -3.33. The lowest BCUT2D eigenvalue weighted by molar-refractivity contribution is 0.101. The Labute approximate surface area is 195 Å². The predicted molar refractivity (Wildman–Crippen MR) is 130 cm³/mol. The molecular formula is C24H30N4O4S. The van der Waals surface area contributed by atoms with Crippen LogP contribution >= 0.6 is 0 Å². The van der Waals surface area contributed by atoms with Gasteiger partial charge >= 0.3 is 0 Å². The van der Waals surface area contributed by atoms with E-state index in [1.54, 1.807) is 16.8 Å². The smallest absolute Gasteiger partial charge is 0.273 e. The van der Waals surface area contributed by atoms with Crippen LogP contribution in [0.5, 0.6) is 5.75 Å². The molecule has 33 heavy (non-hydrogen) atoms. The molecule has 1 aromatic heterocycles. The number of nitrogens with one attached hydrogen (secondary N) is 2. The maximum atomic E-state index is 13.3. The van der Waals surface area contributed by atoms with Gasteiger partial charge in [-0.3, -0.25) is 14.2 Å². The summed E-state index contributed by atoms with van der Waals surface area (Å²) in [5.41, 5.74) is 3.68. The van der Waals surface area contributed by atoms with Crippen LogP contribution < -0.4 is 14.8 Å². The van der Waals surface area contributed by atoms with Crippen LogP contribution in [-0.2, 0) is 16.6 Å². The lowest BCUT2D eigenvalue weighted by Gasteiger charge is -2.16. The molecule has 1 amide bonds. The molecule has 0 bridgehead atoms. The molecule has 8 nitrogen and oxygen atoms in total. The third kappa shape index (κ3) is 5.19. The van der Waals surface area contributed by atoms with E-state index < -0.39 is 10.0 Å². The van der Waals surface area contributed by atoms with Gasteiger partial charge in [-0.25, -0.2) is 8.42 Å². The minimum atomic E-state index is -3.99. The third-order valence-corrected chi connectivity index (χ3v) is 6.72. The van der Waals surface area contributed by atoms with Gasteiger partial charge in [0.1, 0.15) is 16.3 Å². The van der Waals surface area contributed by atoms with Gasteiger partial charge in [0.05, 0.1) is 18.5 Å². The number of benzene rings is 2. The first-order valence-electron chi connectivity index (χ1n) is 10.7. The van der Waals surface area contributed by atoms with E-state index in [1.807, 2.05) is 52.8 Å². The molecule has 176 valence electrons. The number of sulfonamides is 1. The van der Waals surface area contributed by atoms with E-state index in [9.17, 15) is 13.2 Å².